The zero-order valence-electron chi connectivity index (χ0n) is 16.7. The van der Waals surface area contributed by atoms with Gasteiger partial charge in [0.2, 0.25) is 6.23 Å². The van der Waals surface area contributed by atoms with E-state index in [2.05, 4.69) is 26.6 Å². The second-order valence-corrected chi connectivity index (χ2v) is 8.27. The summed E-state index contributed by atoms with van der Waals surface area (Å²) in [6.45, 7) is 2.76. The van der Waals surface area contributed by atoms with Gasteiger partial charge in [-0.1, -0.05) is 0 Å². The van der Waals surface area contributed by atoms with Crippen LogP contribution in [0.3, 0.4) is 0 Å². The maximum absolute atomic E-state index is 12.7. The molecule has 1 N–H and O–H groups in total. The number of anilines is 1. The van der Waals surface area contributed by atoms with Crippen LogP contribution in [0.2, 0.25) is 0 Å². The van der Waals surface area contributed by atoms with E-state index >= 15 is 0 Å². The van der Waals surface area contributed by atoms with E-state index in [1.165, 1.54) is 11.3 Å². The number of nitrogens with zero attached hydrogens (tertiary/aromatic N) is 6. The lowest BCUT2D eigenvalue weighted by atomic mass is 10.3. The molecule has 2 aromatic rings. The minimum atomic E-state index is -2.78. The van der Waals surface area contributed by atoms with Crippen molar-refractivity contribution in [2.24, 2.45) is 5.10 Å². The first kappa shape index (κ1) is 25.1. The summed E-state index contributed by atoms with van der Waals surface area (Å²) >= 11 is 2.39. The highest BCUT2D eigenvalue weighted by molar-refractivity contribution is 7.92. The zero-order valence-corrected chi connectivity index (χ0v) is 19.3. The maximum Gasteiger partial charge on any atom is 0.314 e. The van der Waals surface area contributed by atoms with E-state index in [-0.39, 0.29) is 13.5 Å². The third kappa shape index (κ3) is 7.18. The Morgan fingerprint density at radius 2 is 2.23 bits per heavy atom. The Labute approximate surface area is 193 Å². The number of hydroxylamine groups is 1. The summed E-state index contributed by atoms with van der Waals surface area (Å²) in [4.78, 5) is 9.16. The Morgan fingerprint density at radius 3 is 2.90 bits per heavy atom. The Morgan fingerprint density at radius 1 is 1.42 bits per heavy atom. The number of aryl methyl sites for hydroxylation is 1. The molecule has 3 rings (SSSR count). The number of hydrogen-bond acceptors (Lipinski definition) is 11. The van der Waals surface area contributed by atoms with Crippen molar-refractivity contribution < 1.29 is 17.8 Å². The summed E-state index contributed by atoms with van der Waals surface area (Å²) in [6.07, 6.45) is 1.77. The number of alkyl halides is 2. The van der Waals surface area contributed by atoms with Gasteiger partial charge >= 0.3 is 6.43 Å². The molecule has 0 spiro atoms. The number of nitriles is 1. The number of nitrogens with one attached hydrogen (secondary N) is 1. The largest absolute Gasteiger partial charge is 0.445 e. The van der Waals surface area contributed by atoms with Crippen molar-refractivity contribution in [2.45, 2.75) is 32.5 Å². The summed E-state index contributed by atoms with van der Waals surface area (Å²) in [5, 5.41) is 14.5. The zero-order chi connectivity index (χ0) is 21.5. The van der Waals surface area contributed by atoms with Crippen molar-refractivity contribution in [3.63, 3.8) is 0 Å². The highest BCUT2D eigenvalue weighted by Crippen LogP contribution is 2.29. The lowest BCUT2D eigenvalue weighted by Crippen LogP contribution is -2.23. The number of hydrazone groups is 1. The fourth-order valence-electron chi connectivity index (χ4n) is 2.34. The predicted molar refractivity (Wildman–Crippen MR) is 120 cm³/mol. The minimum Gasteiger partial charge on any atom is -0.445 e. The van der Waals surface area contributed by atoms with Crippen molar-refractivity contribution in [2.75, 3.05) is 18.7 Å². The van der Waals surface area contributed by atoms with Crippen molar-refractivity contribution in [1.82, 2.24) is 19.7 Å². The van der Waals surface area contributed by atoms with E-state index in [9.17, 15) is 8.78 Å². The molecule has 31 heavy (non-hydrogen) atoms. The molecule has 0 aromatic carbocycles. The Kier molecular flexibility index (Phi) is 9.72. The van der Waals surface area contributed by atoms with E-state index in [1.807, 2.05) is 20.0 Å². The molecule has 0 saturated heterocycles. The van der Waals surface area contributed by atoms with Gasteiger partial charge in [0.25, 0.3) is 5.90 Å². The predicted octanol–water partition coefficient (Wildman–Crippen LogP) is 3.50. The SMILES string of the molecule is Cc1cncc(N(Cc2ncc(C3NN=C(C(F)F)O3)s2)OSN(C)CCC#N)c1.S. The van der Waals surface area contributed by atoms with Gasteiger partial charge in [-0.2, -0.15) is 31.8 Å². The van der Waals surface area contributed by atoms with Crippen LogP contribution in [-0.4, -0.2) is 40.2 Å². The number of ether oxygens (including phenoxy) is 1. The second kappa shape index (κ2) is 12.0. The molecule has 3 heterocycles. The van der Waals surface area contributed by atoms with Gasteiger partial charge in [-0.15, -0.1) is 16.4 Å². The molecule has 0 aliphatic carbocycles. The van der Waals surface area contributed by atoms with Gasteiger partial charge in [0.1, 0.15) is 17.2 Å². The summed E-state index contributed by atoms with van der Waals surface area (Å²) in [5.74, 6) is -0.637. The van der Waals surface area contributed by atoms with Crippen molar-refractivity contribution >= 4 is 48.6 Å². The van der Waals surface area contributed by atoms with Crippen LogP contribution in [0.4, 0.5) is 14.5 Å². The third-order valence-electron chi connectivity index (χ3n) is 3.76. The molecule has 2 aromatic heterocycles. The average molecular weight is 490 g/mol. The van der Waals surface area contributed by atoms with Gasteiger partial charge < -0.3 is 4.74 Å². The number of halogens is 2. The van der Waals surface area contributed by atoms with E-state index in [0.717, 1.165) is 23.5 Å². The fourth-order valence-corrected chi connectivity index (χ4v) is 3.71. The van der Waals surface area contributed by atoms with Crippen LogP contribution in [0.1, 0.15) is 28.1 Å². The van der Waals surface area contributed by atoms with Gasteiger partial charge in [-0.3, -0.25) is 10.4 Å². The summed E-state index contributed by atoms with van der Waals surface area (Å²) in [5.41, 5.74) is 4.22. The van der Waals surface area contributed by atoms with Crippen molar-refractivity contribution in [3.8, 4) is 6.07 Å². The van der Waals surface area contributed by atoms with Crippen molar-refractivity contribution in [1.29, 1.82) is 5.26 Å². The van der Waals surface area contributed by atoms with E-state index in [1.54, 1.807) is 28.0 Å². The summed E-state index contributed by atoms with van der Waals surface area (Å²) < 4.78 is 38.1. The van der Waals surface area contributed by atoms with Gasteiger partial charge in [0.05, 0.1) is 29.4 Å². The third-order valence-corrected chi connectivity index (χ3v) is 5.47. The molecule has 1 unspecified atom stereocenters. The number of thiazole rings is 1. The lowest BCUT2D eigenvalue weighted by Gasteiger charge is -2.23. The average Bonchev–Trinajstić information content (AvgIpc) is 3.39. The molecule has 14 heteroatoms. The van der Waals surface area contributed by atoms with Crippen LogP contribution in [0.5, 0.6) is 0 Å². The number of pyridine rings is 1. The van der Waals surface area contributed by atoms with Gasteiger partial charge in [0.15, 0.2) is 0 Å². The molecule has 0 fully saturated rings. The number of rotatable bonds is 10. The van der Waals surface area contributed by atoms with Crippen LogP contribution >= 0.6 is 37.1 Å². The first-order valence-corrected chi connectivity index (χ1v) is 10.3. The topological polar surface area (TPSA) is 98.9 Å². The van der Waals surface area contributed by atoms with Crippen LogP contribution in [0.25, 0.3) is 0 Å². The van der Waals surface area contributed by atoms with Crippen LogP contribution < -0.4 is 10.5 Å². The normalized spacial score (nSPS) is 15.1. The van der Waals surface area contributed by atoms with Crippen LogP contribution in [-0.2, 0) is 15.6 Å². The first-order chi connectivity index (χ1) is 14.5. The Bertz CT molecular complexity index is 925. The molecular weight excluding hydrogens is 468 g/mol. The standard InChI is InChI=1S/C17H19F2N7O2S2.H2S/c1-11-6-12(8-21-7-11)26(28-30-25(2)5-3-4-20)10-14-22-9-13(29-14)16-23-24-17(27-16)15(18)19;/h6-9,15-16,23H,3,5,10H2,1-2H3;1H2. The minimum absolute atomic E-state index is 0. The molecule has 0 radical (unpaired) electrons. The first-order valence-electron chi connectivity index (χ1n) is 8.81. The molecule has 1 atom stereocenters. The molecule has 0 amide bonds. The van der Waals surface area contributed by atoms with Gasteiger partial charge in [-0.25, -0.2) is 14.4 Å². The second-order valence-electron chi connectivity index (χ2n) is 6.20. The van der Waals surface area contributed by atoms with Crippen LogP contribution in [0.15, 0.2) is 29.8 Å². The summed E-state index contributed by atoms with van der Waals surface area (Å²) in [7, 11) is 1.82. The highest BCUT2D eigenvalue weighted by Gasteiger charge is 2.29. The monoisotopic (exact) mass is 489 g/mol. The molecule has 168 valence electrons. The lowest BCUT2D eigenvalue weighted by molar-refractivity contribution is 0.136. The number of hydrogen-bond donors (Lipinski definition) is 1. The van der Waals surface area contributed by atoms with E-state index in [4.69, 9.17) is 14.3 Å². The van der Waals surface area contributed by atoms with Crippen molar-refractivity contribution in [3.05, 3.63) is 40.1 Å². The Balaban J connectivity index is 0.00000341. The molecule has 0 saturated carbocycles. The summed E-state index contributed by atoms with van der Waals surface area (Å²) in [6, 6.07) is 4.01. The van der Waals surface area contributed by atoms with Crippen LogP contribution in [0, 0.1) is 18.3 Å². The number of aromatic nitrogens is 2. The smallest absolute Gasteiger partial charge is 0.314 e. The quantitative estimate of drug-likeness (QED) is 0.305. The van der Waals surface area contributed by atoms with Gasteiger partial charge in [-0.05, 0) is 25.6 Å². The molecule has 1 aliphatic heterocycles. The van der Waals surface area contributed by atoms with Gasteiger partial charge in [0, 0.05) is 25.4 Å². The molecule has 9 nitrogen and oxygen atoms in total. The fraction of sp³-hybridized carbons (Fsp3) is 0.412. The molecule has 0 bridgehead atoms. The van der Waals surface area contributed by atoms with E-state index in [0.29, 0.717) is 29.4 Å². The Hall–Kier alpha value is -2.18. The maximum atomic E-state index is 12.7. The van der Waals surface area contributed by atoms with E-state index < -0.39 is 18.6 Å². The molecule has 1 aliphatic rings. The molecular formula is C17H21F2N7O2S3. The highest BCUT2D eigenvalue weighted by atomic mass is 32.2.